The van der Waals surface area contributed by atoms with Gasteiger partial charge in [0.2, 0.25) is 10.0 Å². The first-order valence-corrected chi connectivity index (χ1v) is 17.0. The van der Waals surface area contributed by atoms with Gasteiger partial charge in [-0.2, -0.15) is 0 Å². The number of rotatable bonds is 13. The summed E-state index contributed by atoms with van der Waals surface area (Å²) < 4.78 is 78.0. The van der Waals surface area contributed by atoms with Gasteiger partial charge in [-0.25, -0.2) is 31.3 Å². The summed E-state index contributed by atoms with van der Waals surface area (Å²) in [5.41, 5.74) is 1.75. The van der Waals surface area contributed by atoms with Crippen molar-refractivity contribution in [1.82, 2.24) is 14.7 Å². The average Bonchev–Trinajstić information content (AvgIpc) is 3.40. The molecule has 0 spiro atoms. The van der Waals surface area contributed by atoms with Gasteiger partial charge in [-0.05, 0) is 54.1 Å². The maximum absolute atomic E-state index is 15.2. The van der Waals surface area contributed by atoms with Gasteiger partial charge in [-0.3, -0.25) is 0 Å². The van der Waals surface area contributed by atoms with E-state index in [0.29, 0.717) is 43.8 Å². The highest BCUT2D eigenvalue weighted by atomic mass is 35.5. The average molecular weight is 682 g/mol. The van der Waals surface area contributed by atoms with Gasteiger partial charge in [0.05, 0.1) is 56.1 Å². The number of sulfonamides is 1. The number of quaternary nitrogens is 1. The maximum atomic E-state index is 15.2. The molecule has 1 heterocycles. The molecule has 0 radical (unpaired) electrons. The molecule has 0 bridgehead atoms. The van der Waals surface area contributed by atoms with Gasteiger partial charge in [0.25, 0.3) is 0 Å². The number of benzene rings is 3. The lowest BCUT2D eigenvalue weighted by Crippen LogP contribution is -2.37. The molecule has 45 heavy (non-hydrogen) atoms. The first-order chi connectivity index (χ1) is 21.0. The zero-order valence-corrected chi connectivity index (χ0v) is 28.4. The van der Waals surface area contributed by atoms with Crippen LogP contribution >= 0.6 is 23.4 Å². The van der Waals surface area contributed by atoms with Crippen LogP contribution in [0.4, 0.5) is 13.2 Å². The number of imidazole rings is 1. The molecule has 1 aromatic heterocycles. The van der Waals surface area contributed by atoms with E-state index in [1.807, 2.05) is 47.1 Å². The Labute approximate surface area is 271 Å². The Bertz CT molecular complexity index is 1750. The second-order valence-corrected chi connectivity index (χ2v) is 15.3. The number of hydrogen-bond donors (Lipinski definition) is 2. The molecule has 0 saturated carbocycles. The van der Waals surface area contributed by atoms with Gasteiger partial charge >= 0.3 is 0 Å². The Morgan fingerprint density at radius 3 is 2.27 bits per heavy atom. The van der Waals surface area contributed by atoms with Crippen LogP contribution in [0.15, 0.2) is 64.6 Å². The number of nitrogens with one attached hydrogen (secondary N) is 2. The first-order valence-electron chi connectivity index (χ1n) is 14.1. The number of halogens is 4. The summed E-state index contributed by atoms with van der Waals surface area (Å²) in [6, 6.07) is 13.0. The van der Waals surface area contributed by atoms with E-state index in [9.17, 15) is 12.8 Å². The van der Waals surface area contributed by atoms with Crippen molar-refractivity contribution in [3.8, 4) is 17.0 Å². The van der Waals surface area contributed by atoms with Crippen molar-refractivity contribution in [3.05, 3.63) is 93.9 Å². The number of H-pyrrole nitrogens is 1. The van der Waals surface area contributed by atoms with E-state index >= 15 is 8.78 Å². The number of nitrogens with zero attached hydrogens (tertiary/aromatic N) is 2. The van der Waals surface area contributed by atoms with Gasteiger partial charge < -0.3 is 14.2 Å². The molecule has 0 aliphatic heterocycles. The van der Waals surface area contributed by atoms with Crippen LogP contribution in [0.25, 0.3) is 11.3 Å². The summed E-state index contributed by atoms with van der Waals surface area (Å²) in [6.07, 6.45) is 0.565. The standard InChI is InChI=1S/C32H37ClF3N4O3S2/c1-32(2,21-10-13-25(33)28(16-21)43-6)30-29(20-8-11-22(34)12-9-20)38-31(39-30)44-19-24-26(35)17-23(18-27(24)36)45(41,42)37-14-7-15-40(3,4)5/h8-13,16-18,37H,7,14-15,19H2,1-6H3,(H,38,39)/q+1. The molecule has 0 fully saturated rings. The Kier molecular flexibility index (Phi) is 10.7. The van der Waals surface area contributed by atoms with Crippen molar-refractivity contribution in [2.45, 2.75) is 41.5 Å². The van der Waals surface area contributed by atoms with E-state index in [1.165, 1.54) is 19.2 Å². The third kappa shape index (κ3) is 8.42. The second kappa shape index (κ2) is 13.8. The molecule has 3 aromatic carbocycles. The van der Waals surface area contributed by atoms with E-state index in [0.717, 1.165) is 36.0 Å². The quantitative estimate of drug-likeness (QED) is 0.0890. The SMILES string of the molecule is COc1cc(C(C)(C)c2[nH]c(SCc3c(F)cc(S(=O)(=O)NCCC[N+](C)(C)C)cc3F)nc2-c2ccc(F)cc2)ccc1Cl. The predicted molar refractivity (Wildman–Crippen MR) is 173 cm³/mol. The van der Waals surface area contributed by atoms with Gasteiger partial charge in [0.1, 0.15) is 23.2 Å². The van der Waals surface area contributed by atoms with Crippen molar-refractivity contribution in [2.24, 2.45) is 0 Å². The van der Waals surface area contributed by atoms with Crippen LogP contribution in [0.2, 0.25) is 5.02 Å². The van der Waals surface area contributed by atoms with E-state index < -0.39 is 37.8 Å². The van der Waals surface area contributed by atoms with Crippen molar-refractivity contribution in [2.75, 3.05) is 41.3 Å². The fraction of sp³-hybridized carbons (Fsp3) is 0.344. The molecule has 13 heteroatoms. The highest BCUT2D eigenvalue weighted by Gasteiger charge is 2.31. The molecule has 4 aromatic rings. The van der Waals surface area contributed by atoms with E-state index in [2.05, 4.69) is 9.71 Å². The molecule has 0 aliphatic carbocycles. The normalized spacial score (nSPS) is 12.5. The predicted octanol–water partition coefficient (Wildman–Crippen LogP) is 7.15. The number of methoxy groups -OCH3 is 1. The summed E-state index contributed by atoms with van der Waals surface area (Å²) in [6.45, 7) is 4.82. The first kappa shape index (κ1) is 34.8. The number of aromatic amines is 1. The number of aromatic nitrogens is 2. The van der Waals surface area contributed by atoms with Gasteiger partial charge in [0.15, 0.2) is 5.16 Å². The fourth-order valence-corrected chi connectivity index (χ4v) is 6.92. The minimum atomic E-state index is -4.10. The van der Waals surface area contributed by atoms with Crippen LogP contribution in [-0.2, 0) is 21.2 Å². The lowest BCUT2D eigenvalue weighted by Gasteiger charge is -2.26. The monoisotopic (exact) mass is 681 g/mol. The molecule has 0 aliphatic rings. The lowest BCUT2D eigenvalue weighted by atomic mass is 9.79. The summed E-state index contributed by atoms with van der Waals surface area (Å²) >= 11 is 7.31. The fourth-order valence-electron chi connectivity index (χ4n) is 4.74. The Balaban J connectivity index is 1.61. The Morgan fingerprint density at radius 2 is 1.67 bits per heavy atom. The molecular formula is C32H37ClF3N4O3S2+. The van der Waals surface area contributed by atoms with Gasteiger partial charge in [0, 0.05) is 35.3 Å². The van der Waals surface area contributed by atoms with Crippen LogP contribution in [0.1, 0.15) is 37.1 Å². The molecule has 242 valence electrons. The molecule has 0 amide bonds. The van der Waals surface area contributed by atoms with Crippen molar-refractivity contribution >= 4 is 33.4 Å². The number of ether oxygens (including phenoxy) is 1. The summed E-state index contributed by atoms with van der Waals surface area (Å²) in [7, 11) is 3.39. The largest absolute Gasteiger partial charge is 0.495 e. The Hall–Kier alpha value is -3.03. The van der Waals surface area contributed by atoms with Crippen LogP contribution < -0.4 is 9.46 Å². The highest BCUT2D eigenvalue weighted by molar-refractivity contribution is 7.98. The van der Waals surface area contributed by atoms with Crippen molar-refractivity contribution in [1.29, 1.82) is 0 Å². The smallest absolute Gasteiger partial charge is 0.240 e. The highest BCUT2D eigenvalue weighted by Crippen LogP contribution is 2.41. The Morgan fingerprint density at radius 1 is 1.02 bits per heavy atom. The lowest BCUT2D eigenvalue weighted by molar-refractivity contribution is -0.870. The topological polar surface area (TPSA) is 84.1 Å². The molecular weight excluding hydrogens is 645 g/mol. The van der Waals surface area contributed by atoms with Gasteiger partial charge in [-0.1, -0.05) is 43.3 Å². The molecule has 0 atom stereocenters. The zero-order chi connectivity index (χ0) is 33.2. The molecule has 0 saturated heterocycles. The summed E-state index contributed by atoms with van der Waals surface area (Å²) in [5, 5.41) is 0.822. The van der Waals surface area contributed by atoms with Crippen molar-refractivity contribution < 1.29 is 30.8 Å². The third-order valence-electron chi connectivity index (χ3n) is 7.37. The van der Waals surface area contributed by atoms with E-state index in [4.69, 9.17) is 21.3 Å². The minimum absolute atomic E-state index is 0.148. The number of hydrogen-bond acceptors (Lipinski definition) is 5. The maximum Gasteiger partial charge on any atom is 0.240 e. The van der Waals surface area contributed by atoms with E-state index in [-0.39, 0.29) is 17.9 Å². The third-order valence-corrected chi connectivity index (χ3v) is 10.0. The van der Waals surface area contributed by atoms with Crippen LogP contribution in [0, 0.1) is 17.5 Å². The molecule has 0 unspecified atom stereocenters. The van der Waals surface area contributed by atoms with Crippen molar-refractivity contribution in [3.63, 3.8) is 0 Å². The molecule has 4 rings (SSSR count). The van der Waals surface area contributed by atoms with E-state index in [1.54, 1.807) is 18.2 Å². The van der Waals surface area contributed by atoms with Gasteiger partial charge in [-0.15, -0.1) is 0 Å². The van der Waals surface area contributed by atoms with Crippen LogP contribution in [-0.4, -0.2) is 64.2 Å². The second-order valence-electron chi connectivity index (χ2n) is 12.2. The summed E-state index contributed by atoms with van der Waals surface area (Å²) in [4.78, 5) is 7.55. The molecule has 7 nitrogen and oxygen atoms in total. The number of thioether (sulfide) groups is 1. The minimum Gasteiger partial charge on any atom is -0.495 e. The van der Waals surface area contributed by atoms with Crippen LogP contribution in [0.5, 0.6) is 5.75 Å². The molecule has 2 N–H and O–H groups in total. The van der Waals surface area contributed by atoms with Crippen LogP contribution in [0.3, 0.4) is 0 Å². The zero-order valence-electron chi connectivity index (χ0n) is 26.0. The summed E-state index contributed by atoms with van der Waals surface area (Å²) in [5.74, 6) is -2.03.